The summed E-state index contributed by atoms with van der Waals surface area (Å²) < 4.78 is 0. The van der Waals surface area contributed by atoms with Crippen molar-refractivity contribution >= 4 is 11.4 Å². The summed E-state index contributed by atoms with van der Waals surface area (Å²) in [7, 11) is 0. The van der Waals surface area contributed by atoms with Crippen LogP contribution in [-0.2, 0) is 0 Å². The smallest absolute Gasteiger partial charge is 0.0427 e. The van der Waals surface area contributed by atoms with Gasteiger partial charge in [0.1, 0.15) is 0 Å². The van der Waals surface area contributed by atoms with Crippen molar-refractivity contribution in [2.75, 3.05) is 49.1 Å². The van der Waals surface area contributed by atoms with Gasteiger partial charge in [0.05, 0.1) is 0 Å². The van der Waals surface area contributed by atoms with Crippen LogP contribution in [0.15, 0.2) is 48.8 Å². The third-order valence-electron chi connectivity index (χ3n) is 5.45. The number of piperazine rings is 1. The van der Waals surface area contributed by atoms with E-state index in [0.717, 1.165) is 32.7 Å². The largest absolute Gasteiger partial charge is 0.370 e. The Balaban J connectivity index is 1.35. The van der Waals surface area contributed by atoms with E-state index >= 15 is 0 Å². The van der Waals surface area contributed by atoms with Gasteiger partial charge >= 0.3 is 0 Å². The lowest BCUT2D eigenvalue weighted by Crippen LogP contribution is -2.51. The van der Waals surface area contributed by atoms with Gasteiger partial charge in [0.25, 0.3) is 0 Å². The number of anilines is 2. The van der Waals surface area contributed by atoms with E-state index in [-0.39, 0.29) is 0 Å². The molecule has 2 aliphatic heterocycles. The van der Waals surface area contributed by atoms with Gasteiger partial charge in [-0.1, -0.05) is 18.2 Å². The zero-order valence-corrected chi connectivity index (χ0v) is 14.4. The Labute approximate surface area is 144 Å². The molecule has 0 spiro atoms. The summed E-state index contributed by atoms with van der Waals surface area (Å²) in [5, 5.41) is 0. The second-order valence-corrected chi connectivity index (χ2v) is 6.91. The van der Waals surface area contributed by atoms with Crippen molar-refractivity contribution in [2.24, 2.45) is 0 Å². The van der Waals surface area contributed by atoms with Crippen molar-refractivity contribution in [3.63, 3.8) is 0 Å². The van der Waals surface area contributed by atoms with Crippen molar-refractivity contribution < 1.29 is 0 Å². The number of pyridine rings is 1. The van der Waals surface area contributed by atoms with Gasteiger partial charge in [-0.3, -0.25) is 9.88 Å². The fourth-order valence-electron chi connectivity index (χ4n) is 4.06. The van der Waals surface area contributed by atoms with Gasteiger partial charge in [-0.25, -0.2) is 0 Å². The minimum absolute atomic E-state index is 0.700. The molecular weight excluding hydrogens is 296 g/mol. The highest BCUT2D eigenvalue weighted by molar-refractivity contribution is 5.52. The van der Waals surface area contributed by atoms with Gasteiger partial charge in [0.15, 0.2) is 0 Å². The predicted octanol–water partition coefficient (Wildman–Crippen LogP) is 2.79. The molecule has 0 aliphatic carbocycles. The second kappa shape index (κ2) is 6.81. The Morgan fingerprint density at radius 3 is 2.46 bits per heavy atom. The molecule has 24 heavy (non-hydrogen) atoms. The number of para-hydroxylation sites is 1. The fraction of sp³-hybridized carbons (Fsp3) is 0.450. The quantitative estimate of drug-likeness (QED) is 0.866. The molecule has 2 aliphatic rings. The third-order valence-corrected chi connectivity index (χ3v) is 5.45. The Morgan fingerprint density at radius 1 is 0.917 bits per heavy atom. The average molecular weight is 322 g/mol. The SMILES string of the molecule is Cc1cnccc1N1CCN([C@H]2CCN(c3ccccc3)C2)CC1. The highest BCUT2D eigenvalue weighted by Crippen LogP contribution is 2.25. The summed E-state index contributed by atoms with van der Waals surface area (Å²) >= 11 is 0. The first-order valence-electron chi connectivity index (χ1n) is 9.01. The number of benzene rings is 1. The monoisotopic (exact) mass is 322 g/mol. The highest BCUT2D eigenvalue weighted by Gasteiger charge is 2.30. The summed E-state index contributed by atoms with van der Waals surface area (Å²) in [5.74, 6) is 0. The topological polar surface area (TPSA) is 22.6 Å². The van der Waals surface area contributed by atoms with Crippen LogP contribution >= 0.6 is 0 Å². The van der Waals surface area contributed by atoms with E-state index in [2.05, 4.69) is 63.0 Å². The number of aryl methyl sites for hydroxylation is 1. The lowest BCUT2D eigenvalue weighted by Gasteiger charge is -2.39. The predicted molar refractivity (Wildman–Crippen MR) is 99.8 cm³/mol. The van der Waals surface area contributed by atoms with Crippen LogP contribution in [0.2, 0.25) is 0 Å². The molecule has 2 aromatic rings. The van der Waals surface area contributed by atoms with E-state index in [9.17, 15) is 0 Å². The molecule has 126 valence electrons. The van der Waals surface area contributed by atoms with E-state index in [1.54, 1.807) is 0 Å². The molecule has 1 atom stereocenters. The second-order valence-electron chi connectivity index (χ2n) is 6.91. The molecule has 0 bridgehead atoms. The van der Waals surface area contributed by atoms with Crippen molar-refractivity contribution in [1.29, 1.82) is 0 Å². The molecule has 4 nitrogen and oxygen atoms in total. The first kappa shape index (κ1) is 15.5. The number of hydrogen-bond acceptors (Lipinski definition) is 4. The number of nitrogens with zero attached hydrogens (tertiary/aromatic N) is 4. The Morgan fingerprint density at radius 2 is 1.71 bits per heavy atom. The van der Waals surface area contributed by atoms with Gasteiger partial charge in [-0.05, 0) is 37.1 Å². The molecule has 0 saturated carbocycles. The fourth-order valence-corrected chi connectivity index (χ4v) is 4.06. The van der Waals surface area contributed by atoms with Crippen molar-refractivity contribution in [2.45, 2.75) is 19.4 Å². The number of aromatic nitrogens is 1. The number of hydrogen-bond donors (Lipinski definition) is 0. The van der Waals surface area contributed by atoms with E-state index < -0.39 is 0 Å². The lowest BCUT2D eigenvalue weighted by molar-refractivity contribution is 0.198. The molecule has 1 aromatic carbocycles. The Kier molecular flexibility index (Phi) is 4.39. The van der Waals surface area contributed by atoms with Crippen LogP contribution in [-0.4, -0.2) is 55.2 Å². The van der Waals surface area contributed by atoms with Gasteiger partial charge < -0.3 is 9.80 Å². The molecule has 4 heteroatoms. The van der Waals surface area contributed by atoms with E-state index in [1.807, 2.05) is 12.4 Å². The molecule has 1 aromatic heterocycles. The molecule has 0 unspecified atom stereocenters. The minimum atomic E-state index is 0.700. The first-order chi connectivity index (χ1) is 11.8. The molecule has 3 heterocycles. The van der Waals surface area contributed by atoms with Crippen LogP contribution < -0.4 is 9.80 Å². The molecule has 0 amide bonds. The lowest BCUT2D eigenvalue weighted by atomic mass is 10.1. The molecule has 2 saturated heterocycles. The van der Waals surface area contributed by atoms with Crippen LogP contribution in [0.3, 0.4) is 0 Å². The average Bonchev–Trinajstić information content (AvgIpc) is 3.13. The minimum Gasteiger partial charge on any atom is -0.370 e. The Hall–Kier alpha value is -2.07. The van der Waals surface area contributed by atoms with Crippen LogP contribution in [0.1, 0.15) is 12.0 Å². The normalized spacial score (nSPS) is 22.1. The highest BCUT2D eigenvalue weighted by atomic mass is 15.3. The van der Waals surface area contributed by atoms with Crippen LogP contribution in [0, 0.1) is 6.92 Å². The summed E-state index contributed by atoms with van der Waals surface area (Å²) in [4.78, 5) is 11.9. The first-order valence-corrected chi connectivity index (χ1v) is 9.01. The maximum Gasteiger partial charge on any atom is 0.0427 e. The summed E-state index contributed by atoms with van der Waals surface area (Å²) in [5.41, 5.74) is 4.00. The van der Waals surface area contributed by atoms with Gasteiger partial charge in [0.2, 0.25) is 0 Å². The van der Waals surface area contributed by atoms with E-state index in [0.29, 0.717) is 6.04 Å². The van der Waals surface area contributed by atoms with Gasteiger partial charge in [0, 0.05) is 69.1 Å². The van der Waals surface area contributed by atoms with Crippen LogP contribution in [0.4, 0.5) is 11.4 Å². The van der Waals surface area contributed by atoms with Crippen LogP contribution in [0.5, 0.6) is 0 Å². The summed E-state index contributed by atoms with van der Waals surface area (Å²) in [6, 6.07) is 13.7. The van der Waals surface area contributed by atoms with Gasteiger partial charge in [-0.15, -0.1) is 0 Å². The molecular formula is C20H26N4. The standard InChI is InChI=1S/C20H26N4/c1-17-15-21-9-7-20(17)23-13-11-22(12-14-23)19-8-10-24(16-19)18-5-3-2-4-6-18/h2-7,9,15,19H,8,10-14,16H2,1H3/t19-/m0/s1. The van der Waals surface area contributed by atoms with Gasteiger partial charge in [-0.2, -0.15) is 0 Å². The van der Waals surface area contributed by atoms with Crippen LogP contribution in [0.25, 0.3) is 0 Å². The van der Waals surface area contributed by atoms with Crippen molar-refractivity contribution in [3.8, 4) is 0 Å². The molecule has 0 radical (unpaired) electrons. The van der Waals surface area contributed by atoms with E-state index in [4.69, 9.17) is 0 Å². The zero-order valence-electron chi connectivity index (χ0n) is 14.4. The maximum absolute atomic E-state index is 4.21. The molecule has 0 N–H and O–H groups in total. The zero-order chi connectivity index (χ0) is 16.4. The Bertz CT molecular complexity index is 664. The summed E-state index contributed by atoms with van der Waals surface area (Å²) in [6.07, 6.45) is 5.16. The third kappa shape index (κ3) is 3.11. The van der Waals surface area contributed by atoms with Crippen molar-refractivity contribution in [3.05, 3.63) is 54.4 Å². The van der Waals surface area contributed by atoms with E-state index in [1.165, 1.54) is 29.9 Å². The number of rotatable bonds is 3. The summed E-state index contributed by atoms with van der Waals surface area (Å²) in [6.45, 7) is 9.06. The maximum atomic E-state index is 4.21. The molecule has 2 fully saturated rings. The van der Waals surface area contributed by atoms with Crippen molar-refractivity contribution in [1.82, 2.24) is 9.88 Å². The molecule has 4 rings (SSSR count).